The molecule has 8 atom stereocenters. The van der Waals surface area contributed by atoms with Crippen molar-refractivity contribution in [2.75, 3.05) is 37.0 Å². The minimum Gasteiger partial charge on any atom is -0.481 e. The number of amidine groups is 1. The second kappa shape index (κ2) is 38.3. The molecule has 0 radical (unpaired) electrons. The Hall–Kier alpha value is -9.68. The Bertz CT molecular complexity index is 4480. The number of anilines is 2. The fraction of sp³-hybridized carbons (Fsp3) is 0.493. The van der Waals surface area contributed by atoms with Gasteiger partial charge in [-0.2, -0.15) is 20.3 Å². The average Bonchev–Trinajstić information content (AvgIpc) is 1.62. The maximum atomic E-state index is 13.5. The third kappa shape index (κ3) is 21.3. The lowest BCUT2D eigenvalue weighted by Crippen LogP contribution is -2.35. The summed E-state index contributed by atoms with van der Waals surface area (Å²) in [4.78, 5) is 103. The van der Waals surface area contributed by atoms with Gasteiger partial charge in [-0.05, 0) is 141 Å². The Morgan fingerprint density at radius 2 is 1.04 bits per heavy atom. The molecule has 25 nitrogen and oxygen atoms in total. The van der Waals surface area contributed by atoms with Crippen LogP contribution >= 0.6 is 22.6 Å². The lowest BCUT2D eigenvalue weighted by Gasteiger charge is -2.30. The number of ether oxygens (including phenoxy) is 1. The molecule has 5 N–H and O–H groups in total. The number of oxime groups is 1. The fourth-order valence-electron chi connectivity index (χ4n) is 14.6. The van der Waals surface area contributed by atoms with Crippen LogP contribution in [0.15, 0.2) is 64.7 Å². The largest absolute Gasteiger partial charge is 0.481 e. The van der Waals surface area contributed by atoms with Crippen molar-refractivity contribution < 1.29 is 97.4 Å². The van der Waals surface area contributed by atoms with Crippen LogP contribution in [0.5, 0.6) is 0 Å². The number of nitrogens with two attached hydrogens (primary N) is 1. The summed E-state index contributed by atoms with van der Waals surface area (Å²) >= 11 is 2.17. The van der Waals surface area contributed by atoms with Gasteiger partial charge in [0.1, 0.15) is 29.0 Å². The Balaban J connectivity index is 0.000000166. The Labute approximate surface area is 640 Å². The first-order valence-corrected chi connectivity index (χ1v) is 37.1. The van der Waals surface area contributed by atoms with Crippen molar-refractivity contribution in [1.29, 1.82) is 0 Å². The molecule has 35 heteroatoms. The normalized spacial score (nSPS) is 21.2. The van der Waals surface area contributed by atoms with E-state index in [4.69, 9.17) is 15.5 Å². The van der Waals surface area contributed by atoms with E-state index in [1.54, 1.807) is 33.6 Å². The highest BCUT2D eigenvalue weighted by atomic mass is 127. The Kier molecular flexibility index (Phi) is 29.4. The number of fused-ring (bicyclic) bond motifs is 3. The second-order valence-electron chi connectivity index (χ2n) is 28.1. The number of hydrogen-bond donors (Lipinski definition) is 4. The highest BCUT2D eigenvalue weighted by Gasteiger charge is 2.41. The SMILES string of the molecule is CC(N)=NO.CCC1CCCCC1NC.COC(=O)C1CCC(=O)C1.Cc1noc(C2CC(=O)N(c3cnn4c3CC(C(=O)Cc3cc(F)c(F)c(F)c3)CC4)C2)n1.O=C(Cc1cc(F)c(F)c(F)c1)C1CCn2ncc(I)c2C1.O=C(O)C1CC(=O)N(c2cnn3c2CC(C(=O)Cc2cc(F)c(F)c(F)c2)CC3)C1. The number of nitrogens with one attached hydrogen (secondary N) is 1. The van der Waals surface area contributed by atoms with Crippen LogP contribution in [0.4, 0.5) is 50.9 Å². The predicted octanol–water partition coefficient (Wildman–Crippen LogP) is 10.7. The molecule has 9 heterocycles. The number of carbonyl (C=O) groups is 8. The van der Waals surface area contributed by atoms with Crippen molar-refractivity contribution in [2.24, 2.45) is 46.4 Å². The molecule has 2 saturated heterocycles. The summed E-state index contributed by atoms with van der Waals surface area (Å²) in [6.07, 6.45) is 15.9. The number of halogens is 10. The third-order valence-electron chi connectivity index (χ3n) is 20.6. The first-order valence-electron chi connectivity index (χ1n) is 36.0. The van der Waals surface area contributed by atoms with E-state index in [1.807, 2.05) is 4.68 Å². The molecule has 14 rings (SSSR count). The Morgan fingerprint density at radius 1 is 0.609 bits per heavy atom. The molecule has 2 amide bonds. The number of methoxy groups -OCH3 is 1. The molecule has 110 heavy (non-hydrogen) atoms. The zero-order chi connectivity index (χ0) is 79.9. The molecule has 0 bridgehead atoms. The summed E-state index contributed by atoms with van der Waals surface area (Å²) in [5.41, 5.74) is 8.63. The van der Waals surface area contributed by atoms with Crippen molar-refractivity contribution in [3.05, 3.63) is 156 Å². The molecular weight excluding hydrogens is 1570 g/mol. The van der Waals surface area contributed by atoms with Gasteiger partial charge in [-0.15, -0.1) is 0 Å². The molecule has 4 fully saturated rings. The van der Waals surface area contributed by atoms with Crippen molar-refractivity contribution >= 4 is 86.7 Å². The highest BCUT2D eigenvalue weighted by molar-refractivity contribution is 14.1. The molecule has 7 aliphatic rings. The number of carbonyl (C=O) groups excluding carboxylic acids is 7. The number of amides is 2. The van der Waals surface area contributed by atoms with Crippen LogP contribution in [-0.4, -0.2) is 136 Å². The van der Waals surface area contributed by atoms with Gasteiger partial charge in [0.05, 0.1) is 75.5 Å². The number of carboxylic acids is 1. The monoisotopic (exact) mass is 1660 g/mol. The number of aliphatic carboxylic acids is 1. The minimum absolute atomic E-state index is 0.0413. The standard InChI is InChI=1S/C22H20F3N5O3.C20H18F3N3O4.C15H12F3IN2O.C9H19N.C7H10O3.C2H6N2O/c1-11-27-22(33-28-11)14-8-20(32)29(10-14)18-9-26-30-3-2-13(7-17(18)30)19(31)6-12-4-15(23)21(25)16(24)5-12;21-13-3-10(4-14(22)19(13)23)5-17(27)11-1-2-26-15(6-11)16(8-24-26)25-9-12(20(29)30)7-18(25)28;16-10-3-8(4-11(17)15(10)18)5-14(22)9-1-2-21-13(6-9)12(19)7-20-21;1-3-8-6-4-5-7-9(8)10-2;1-10-7(9)5-2-3-6(8)4-5;1-2(3)4-5/h4-5,9,13-14H,2-3,6-8,10H2,1H3;3-4,8,11-12H,1-2,5-7,9H2,(H,29,30);3-4,7,9H,1-2,5-6H2;8-10H,3-7H2,1-2H3;5H,2-4H2,1H3;5H,1H3,(H2,3,4). The summed E-state index contributed by atoms with van der Waals surface area (Å²) < 4.78 is 136. The number of nitrogens with zero attached hydrogens (tertiary/aromatic N) is 11. The second-order valence-corrected chi connectivity index (χ2v) is 29.3. The number of carboxylic acid groups (broad SMARTS) is 1. The number of esters is 1. The van der Waals surface area contributed by atoms with E-state index in [9.17, 15) is 83.0 Å². The van der Waals surface area contributed by atoms with Gasteiger partial charge in [0, 0.05) is 121 Å². The number of hydrogen-bond acceptors (Lipinski definition) is 18. The summed E-state index contributed by atoms with van der Waals surface area (Å²) in [5.74, 6) is -14.8. The van der Waals surface area contributed by atoms with Gasteiger partial charge in [0.15, 0.2) is 58.2 Å². The molecule has 4 aromatic heterocycles. The number of Topliss-reactive ketones (excluding diaryl/α,β-unsaturated/α-hetero) is 4. The number of aryl methyl sites for hydroxylation is 4. The van der Waals surface area contributed by atoms with E-state index >= 15 is 0 Å². The quantitative estimate of drug-likeness (QED) is 0.0102. The zero-order valence-corrected chi connectivity index (χ0v) is 63.2. The van der Waals surface area contributed by atoms with E-state index in [1.165, 1.54) is 57.2 Å². The number of ketones is 4. The summed E-state index contributed by atoms with van der Waals surface area (Å²) in [5, 5.41) is 39.4. The van der Waals surface area contributed by atoms with Crippen molar-refractivity contribution in [2.45, 2.75) is 174 Å². The first kappa shape index (κ1) is 84.3. The lowest BCUT2D eigenvalue weighted by molar-refractivity contribution is -0.145. The van der Waals surface area contributed by atoms with Gasteiger partial charge in [-0.25, -0.2) is 39.5 Å². The third-order valence-corrected chi connectivity index (χ3v) is 21.5. The van der Waals surface area contributed by atoms with E-state index in [0.717, 1.165) is 63.3 Å². The van der Waals surface area contributed by atoms with Crippen LogP contribution in [0, 0.1) is 98.4 Å². The van der Waals surface area contributed by atoms with Gasteiger partial charge in [-0.3, -0.25) is 52.4 Å². The van der Waals surface area contributed by atoms with Gasteiger partial charge in [-0.1, -0.05) is 36.5 Å². The van der Waals surface area contributed by atoms with E-state index in [-0.39, 0.29) is 126 Å². The molecule has 8 unspecified atom stereocenters. The van der Waals surface area contributed by atoms with Crippen LogP contribution in [0.2, 0.25) is 0 Å². The summed E-state index contributed by atoms with van der Waals surface area (Å²) in [6, 6.07) is 5.89. The molecular formula is C75H85F9IN13O12. The van der Waals surface area contributed by atoms with Crippen molar-refractivity contribution in [3.8, 4) is 0 Å². The maximum absolute atomic E-state index is 13.5. The van der Waals surface area contributed by atoms with Gasteiger partial charge >= 0.3 is 11.9 Å². The average molecular weight is 1660 g/mol. The zero-order valence-electron chi connectivity index (χ0n) is 61.0. The Morgan fingerprint density at radius 3 is 1.42 bits per heavy atom. The van der Waals surface area contributed by atoms with Crippen molar-refractivity contribution in [1.82, 2.24) is 44.8 Å². The van der Waals surface area contributed by atoms with Crippen LogP contribution in [0.25, 0.3) is 0 Å². The van der Waals surface area contributed by atoms with E-state index in [0.29, 0.717) is 106 Å². The number of benzene rings is 3. The van der Waals surface area contributed by atoms with Crippen LogP contribution in [-0.2, 0) is 101 Å². The molecule has 2 saturated carbocycles. The topological polar surface area (TPSA) is 336 Å². The highest BCUT2D eigenvalue weighted by Crippen LogP contribution is 2.38. The van der Waals surface area contributed by atoms with Crippen LogP contribution in [0.3, 0.4) is 0 Å². The van der Waals surface area contributed by atoms with Gasteiger partial charge in [0.25, 0.3) is 0 Å². The number of rotatable bonds is 16. The van der Waals surface area contributed by atoms with Gasteiger partial charge in [0.2, 0.25) is 17.7 Å². The first-order chi connectivity index (χ1) is 52.4. The molecule has 5 aliphatic heterocycles. The maximum Gasteiger partial charge on any atom is 0.309 e. The van der Waals surface area contributed by atoms with Crippen LogP contribution < -0.4 is 20.9 Å². The molecule has 2 aliphatic carbocycles. The van der Waals surface area contributed by atoms with E-state index in [2.05, 4.69) is 77.2 Å². The van der Waals surface area contributed by atoms with Crippen molar-refractivity contribution in [3.63, 3.8) is 0 Å². The predicted molar refractivity (Wildman–Crippen MR) is 385 cm³/mol. The lowest BCUT2D eigenvalue weighted by atomic mass is 9.83. The van der Waals surface area contributed by atoms with Crippen LogP contribution in [0.1, 0.15) is 149 Å². The minimum atomic E-state index is -1.58. The fourth-order valence-corrected chi connectivity index (χ4v) is 15.2. The smallest absolute Gasteiger partial charge is 0.309 e. The molecule has 592 valence electrons. The summed E-state index contributed by atoms with van der Waals surface area (Å²) in [7, 11) is 3.45. The summed E-state index contributed by atoms with van der Waals surface area (Å²) in [6.45, 7) is 7.47. The number of aromatic nitrogens is 8. The molecule has 7 aromatic rings. The van der Waals surface area contributed by atoms with E-state index < -0.39 is 76.1 Å². The molecule has 0 spiro atoms. The molecule has 3 aromatic carbocycles. The van der Waals surface area contributed by atoms with Gasteiger partial charge < -0.3 is 40.4 Å².